The topological polar surface area (TPSA) is 42.0 Å². The van der Waals surface area contributed by atoms with E-state index in [4.69, 9.17) is 0 Å². The van der Waals surface area contributed by atoms with Crippen LogP contribution in [-0.2, 0) is 0 Å². The molecule has 0 bridgehead atoms. The van der Waals surface area contributed by atoms with Crippen LogP contribution in [0.2, 0.25) is 0 Å². The molecule has 0 aliphatic rings. The second-order valence-corrected chi connectivity index (χ2v) is 6.97. The Morgan fingerprint density at radius 3 is 2.84 bits per heavy atom. The van der Waals surface area contributed by atoms with Gasteiger partial charge in [0.05, 0.1) is 15.4 Å². The number of nitrogens with zero attached hydrogens (tertiary/aromatic N) is 1. The maximum absolute atomic E-state index is 11.9. The number of carbonyl (C=O) groups excluding carboxylic acids is 1. The van der Waals surface area contributed by atoms with E-state index in [2.05, 4.69) is 29.4 Å². The van der Waals surface area contributed by atoms with Crippen molar-refractivity contribution >= 4 is 45.0 Å². The molecule has 96 valence electrons. The monoisotopic (exact) mass is 306 g/mol. The van der Waals surface area contributed by atoms with Gasteiger partial charge in [-0.25, -0.2) is 4.98 Å². The molecule has 3 aromatic rings. The second kappa shape index (κ2) is 5.24. The molecule has 1 N–H and O–H groups in total. The minimum absolute atomic E-state index is 0.0988. The van der Waals surface area contributed by atoms with E-state index in [9.17, 15) is 4.79 Å². The molecule has 3 rings (SSSR count). The first-order valence-corrected chi connectivity index (χ1v) is 8.17. The Bertz CT molecular complexity index is 697. The first kappa shape index (κ1) is 12.5. The Labute approximate surface area is 122 Å². The molecule has 0 unspecified atom stereocenters. The lowest BCUT2D eigenvalue weighted by Gasteiger charge is -1.97. The van der Waals surface area contributed by atoms with Crippen LogP contribution in [0.3, 0.4) is 0 Å². The number of anilines is 1. The average Bonchev–Trinajstić information content (AvgIpc) is 3.07. The van der Waals surface area contributed by atoms with Crippen LogP contribution in [0.25, 0.3) is 10.6 Å². The number of aromatic nitrogens is 1. The SMILES string of the molecule is Cc1ccc(-c2csc(NC(=O)c3cccs3)n2)s1. The molecule has 0 spiro atoms. The summed E-state index contributed by atoms with van der Waals surface area (Å²) in [6.45, 7) is 2.07. The molecule has 0 saturated heterocycles. The summed E-state index contributed by atoms with van der Waals surface area (Å²) < 4.78 is 0. The van der Waals surface area contributed by atoms with Gasteiger partial charge in [0.25, 0.3) is 5.91 Å². The lowest BCUT2D eigenvalue weighted by Crippen LogP contribution is -2.09. The number of amides is 1. The van der Waals surface area contributed by atoms with E-state index < -0.39 is 0 Å². The number of aryl methyl sites for hydroxylation is 1. The molecule has 0 radical (unpaired) electrons. The summed E-state index contributed by atoms with van der Waals surface area (Å²) in [4.78, 5) is 19.4. The molecular weight excluding hydrogens is 296 g/mol. The summed E-state index contributed by atoms with van der Waals surface area (Å²) in [7, 11) is 0. The van der Waals surface area contributed by atoms with Crippen LogP contribution >= 0.6 is 34.0 Å². The second-order valence-electron chi connectivity index (χ2n) is 3.88. The van der Waals surface area contributed by atoms with Gasteiger partial charge < -0.3 is 0 Å². The van der Waals surface area contributed by atoms with E-state index in [0.717, 1.165) is 10.6 Å². The van der Waals surface area contributed by atoms with Crippen LogP contribution in [0, 0.1) is 6.92 Å². The largest absolute Gasteiger partial charge is 0.297 e. The van der Waals surface area contributed by atoms with Crippen LogP contribution in [0.4, 0.5) is 5.13 Å². The van der Waals surface area contributed by atoms with Crippen molar-refractivity contribution in [2.45, 2.75) is 6.92 Å². The molecule has 19 heavy (non-hydrogen) atoms. The van der Waals surface area contributed by atoms with Crippen molar-refractivity contribution in [3.63, 3.8) is 0 Å². The Morgan fingerprint density at radius 1 is 1.26 bits per heavy atom. The molecule has 0 atom stereocenters. The summed E-state index contributed by atoms with van der Waals surface area (Å²) in [5.41, 5.74) is 0.921. The van der Waals surface area contributed by atoms with E-state index in [1.165, 1.54) is 27.6 Å². The van der Waals surface area contributed by atoms with Gasteiger partial charge in [-0.05, 0) is 30.5 Å². The minimum Gasteiger partial charge on any atom is -0.297 e. The molecule has 1 amide bonds. The minimum atomic E-state index is -0.0988. The smallest absolute Gasteiger partial charge is 0.267 e. The standard InChI is InChI=1S/C13H10N2OS3/c1-8-4-5-10(19-8)9-7-18-13(14-9)15-12(16)11-3-2-6-17-11/h2-7H,1H3,(H,14,15,16). The summed E-state index contributed by atoms with van der Waals surface area (Å²) in [6, 6.07) is 7.79. The van der Waals surface area contributed by atoms with E-state index in [-0.39, 0.29) is 5.91 Å². The highest BCUT2D eigenvalue weighted by molar-refractivity contribution is 7.17. The van der Waals surface area contributed by atoms with Gasteiger partial charge in [-0.1, -0.05) is 6.07 Å². The highest BCUT2D eigenvalue weighted by Crippen LogP contribution is 2.30. The van der Waals surface area contributed by atoms with Crippen LogP contribution < -0.4 is 5.32 Å². The Balaban J connectivity index is 1.77. The quantitative estimate of drug-likeness (QED) is 0.774. The molecule has 0 aliphatic heterocycles. The number of hydrogen-bond acceptors (Lipinski definition) is 5. The Kier molecular flexibility index (Phi) is 3.46. The molecule has 0 fully saturated rings. The van der Waals surface area contributed by atoms with Gasteiger partial charge in [-0.2, -0.15) is 0 Å². The van der Waals surface area contributed by atoms with Crippen molar-refractivity contribution in [3.05, 3.63) is 44.8 Å². The molecule has 0 aromatic carbocycles. The first-order valence-electron chi connectivity index (χ1n) is 5.59. The zero-order valence-corrected chi connectivity index (χ0v) is 12.5. The molecule has 0 aliphatic carbocycles. The predicted octanol–water partition coefficient (Wildman–Crippen LogP) is 4.49. The van der Waals surface area contributed by atoms with E-state index in [1.807, 2.05) is 16.8 Å². The summed E-state index contributed by atoms with van der Waals surface area (Å²) in [6.07, 6.45) is 0. The predicted molar refractivity (Wildman–Crippen MR) is 82.4 cm³/mol. The van der Waals surface area contributed by atoms with Crippen LogP contribution in [0.15, 0.2) is 35.0 Å². The zero-order valence-electron chi connectivity index (χ0n) is 10.0. The Morgan fingerprint density at radius 2 is 2.16 bits per heavy atom. The molecule has 3 nitrogen and oxygen atoms in total. The van der Waals surface area contributed by atoms with E-state index in [0.29, 0.717) is 10.0 Å². The lowest BCUT2D eigenvalue weighted by atomic mass is 10.4. The number of thiazole rings is 1. The highest BCUT2D eigenvalue weighted by Gasteiger charge is 2.11. The van der Waals surface area contributed by atoms with Crippen molar-refractivity contribution in [2.75, 3.05) is 5.32 Å². The number of carbonyl (C=O) groups is 1. The van der Waals surface area contributed by atoms with Gasteiger partial charge in [-0.3, -0.25) is 10.1 Å². The number of thiophene rings is 2. The fourth-order valence-electron chi connectivity index (χ4n) is 1.58. The number of rotatable bonds is 3. The maximum atomic E-state index is 11.9. The van der Waals surface area contributed by atoms with Crippen LogP contribution in [0.5, 0.6) is 0 Å². The van der Waals surface area contributed by atoms with Crippen molar-refractivity contribution in [1.29, 1.82) is 0 Å². The molecule has 6 heteroatoms. The molecular formula is C13H10N2OS3. The fourth-order valence-corrected chi connectivity index (χ4v) is 3.81. The third kappa shape index (κ3) is 2.75. The van der Waals surface area contributed by atoms with E-state index >= 15 is 0 Å². The first-order chi connectivity index (χ1) is 9.22. The third-order valence-electron chi connectivity index (χ3n) is 2.46. The highest BCUT2D eigenvalue weighted by atomic mass is 32.1. The lowest BCUT2D eigenvalue weighted by molar-refractivity contribution is 0.103. The number of nitrogens with one attached hydrogen (secondary N) is 1. The molecule has 0 saturated carbocycles. The van der Waals surface area contributed by atoms with Gasteiger partial charge >= 0.3 is 0 Å². The number of hydrogen-bond donors (Lipinski definition) is 1. The maximum Gasteiger partial charge on any atom is 0.267 e. The zero-order chi connectivity index (χ0) is 13.2. The fraction of sp³-hybridized carbons (Fsp3) is 0.0769. The van der Waals surface area contributed by atoms with Gasteiger partial charge in [-0.15, -0.1) is 34.0 Å². The van der Waals surface area contributed by atoms with Crippen molar-refractivity contribution < 1.29 is 4.79 Å². The summed E-state index contributed by atoms with van der Waals surface area (Å²) in [5, 5.41) is 7.32. The van der Waals surface area contributed by atoms with Gasteiger partial charge in [0.2, 0.25) is 0 Å². The van der Waals surface area contributed by atoms with E-state index in [1.54, 1.807) is 17.4 Å². The van der Waals surface area contributed by atoms with Crippen molar-refractivity contribution in [3.8, 4) is 10.6 Å². The van der Waals surface area contributed by atoms with Crippen LogP contribution in [0.1, 0.15) is 14.5 Å². The van der Waals surface area contributed by atoms with Crippen molar-refractivity contribution in [2.24, 2.45) is 0 Å². The third-order valence-corrected chi connectivity index (χ3v) is 5.11. The molecule has 3 heterocycles. The van der Waals surface area contributed by atoms with Gasteiger partial charge in [0, 0.05) is 10.3 Å². The Hall–Kier alpha value is -1.50. The average molecular weight is 306 g/mol. The normalized spacial score (nSPS) is 10.6. The molecule has 3 aromatic heterocycles. The summed E-state index contributed by atoms with van der Waals surface area (Å²) in [5.74, 6) is -0.0988. The van der Waals surface area contributed by atoms with Gasteiger partial charge in [0.1, 0.15) is 0 Å². The van der Waals surface area contributed by atoms with Crippen molar-refractivity contribution in [1.82, 2.24) is 4.98 Å². The summed E-state index contributed by atoms with van der Waals surface area (Å²) >= 11 is 4.58. The van der Waals surface area contributed by atoms with Crippen LogP contribution in [-0.4, -0.2) is 10.9 Å². The van der Waals surface area contributed by atoms with Gasteiger partial charge in [0.15, 0.2) is 5.13 Å².